The van der Waals surface area contributed by atoms with Crippen molar-refractivity contribution < 1.29 is 4.79 Å². The Morgan fingerprint density at radius 3 is 2.71 bits per heavy atom. The normalized spacial score (nSPS) is 14.9. The van der Waals surface area contributed by atoms with E-state index in [-0.39, 0.29) is 5.91 Å². The van der Waals surface area contributed by atoms with Gasteiger partial charge in [-0.3, -0.25) is 9.69 Å². The van der Waals surface area contributed by atoms with Crippen LogP contribution in [0.4, 0.5) is 5.69 Å². The Balaban J connectivity index is 1.50. The Bertz CT molecular complexity index is 680. The SMILES string of the molecule is O=C(CCCc1ccc(Br)s1)Nc1ccccc1CN1CCCC1. The molecular weight excluding hydrogens is 384 g/mol. The highest BCUT2D eigenvalue weighted by atomic mass is 79.9. The zero-order chi connectivity index (χ0) is 16.8. The second kappa shape index (κ2) is 8.79. The van der Waals surface area contributed by atoms with E-state index in [4.69, 9.17) is 0 Å². The van der Waals surface area contributed by atoms with E-state index >= 15 is 0 Å². The number of benzene rings is 1. The van der Waals surface area contributed by atoms with E-state index < -0.39 is 0 Å². The molecule has 1 saturated heterocycles. The van der Waals surface area contributed by atoms with Gasteiger partial charge in [-0.25, -0.2) is 0 Å². The lowest BCUT2D eigenvalue weighted by molar-refractivity contribution is -0.116. The summed E-state index contributed by atoms with van der Waals surface area (Å²) in [7, 11) is 0. The standard InChI is InChI=1S/C19H23BrN2OS/c20-18-11-10-16(24-18)7-5-9-19(23)21-17-8-2-1-6-15(17)14-22-12-3-4-13-22/h1-2,6,8,10-11H,3-5,7,9,12-14H2,(H,21,23). The van der Waals surface area contributed by atoms with Crippen LogP contribution in [0, 0.1) is 0 Å². The van der Waals surface area contributed by atoms with Gasteiger partial charge in [0.25, 0.3) is 0 Å². The number of rotatable bonds is 7. The molecule has 1 amide bonds. The number of thiophene rings is 1. The van der Waals surface area contributed by atoms with Crippen molar-refractivity contribution in [2.45, 2.75) is 38.6 Å². The van der Waals surface area contributed by atoms with Gasteiger partial charge in [0.1, 0.15) is 0 Å². The van der Waals surface area contributed by atoms with Crippen LogP contribution in [0.5, 0.6) is 0 Å². The molecule has 128 valence electrons. The number of hydrogen-bond donors (Lipinski definition) is 1. The first-order chi connectivity index (χ1) is 11.7. The summed E-state index contributed by atoms with van der Waals surface area (Å²) in [5.41, 5.74) is 2.18. The number of carbonyl (C=O) groups excluding carboxylic acids is 1. The summed E-state index contributed by atoms with van der Waals surface area (Å²) in [6, 6.07) is 12.4. The largest absolute Gasteiger partial charge is 0.326 e. The van der Waals surface area contributed by atoms with Gasteiger partial charge in [0.05, 0.1) is 3.79 Å². The molecule has 0 bridgehead atoms. The fourth-order valence-electron chi connectivity index (χ4n) is 3.08. The molecule has 0 aliphatic carbocycles. The van der Waals surface area contributed by atoms with Crippen LogP contribution in [0.15, 0.2) is 40.2 Å². The van der Waals surface area contributed by atoms with Crippen molar-refractivity contribution in [3.8, 4) is 0 Å². The van der Waals surface area contributed by atoms with Crippen molar-refractivity contribution in [2.75, 3.05) is 18.4 Å². The molecule has 2 heterocycles. The molecule has 1 aliphatic heterocycles. The minimum absolute atomic E-state index is 0.111. The molecule has 24 heavy (non-hydrogen) atoms. The van der Waals surface area contributed by atoms with Gasteiger partial charge in [0.15, 0.2) is 0 Å². The van der Waals surface area contributed by atoms with Gasteiger partial charge in [-0.1, -0.05) is 18.2 Å². The molecule has 3 rings (SSSR count). The molecule has 0 spiro atoms. The zero-order valence-electron chi connectivity index (χ0n) is 13.8. The number of nitrogens with zero attached hydrogens (tertiary/aromatic N) is 1. The third-order valence-corrected chi connectivity index (χ3v) is 6.02. The van der Waals surface area contributed by atoms with E-state index in [9.17, 15) is 4.79 Å². The number of nitrogens with one attached hydrogen (secondary N) is 1. The molecular formula is C19H23BrN2OS. The summed E-state index contributed by atoms with van der Waals surface area (Å²) < 4.78 is 1.15. The third-order valence-electron chi connectivity index (χ3n) is 4.34. The van der Waals surface area contributed by atoms with Gasteiger partial charge in [-0.05, 0) is 78.5 Å². The minimum atomic E-state index is 0.111. The van der Waals surface area contributed by atoms with Crippen molar-refractivity contribution in [3.63, 3.8) is 0 Å². The predicted octanol–water partition coefficient (Wildman–Crippen LogP) is 5.07. The molecule has 0 atom stereocenters. The zero-order valence-corrected chi connectivity index (χ0v) is 16.2. The number of aryl methyl sites for hydroxylation is 1. The maximum Gasteiger partial charge on any atom is 0.224 e. The van der Waals surface area contributed by atoms with Crippen LogP contribution in [0.2, 0.25) is 0 Å². The van der Waals surface area contributed by atoms with Crippen molar-refractivity contribution >= 4 is 38.9 Å². The second-order valence-electron chi connectivity index (χ2n) is 6.25. The van der Waals surface area contributed by atoms with Crippen molar-refractivity contribution in [2.24, 2.45) is 0 Å². The summed E-state index contributed by atoms with van der Waals surface area (Å²) in [6.45, 7) is 3.26. The number of carbonyl (C=O) groups is 1. The highest BCUT2D eigenvalue weighted by Crippen LogP contribution is 2.24. The highest BCUT2D eigenvalue weighted by Gasteiger charge is 2.14. The van der Waals surface area contributed by atoms with E-state index in [1.165, 1.54) is 36.4 Å². The molecule has 0 saturated carbocycles. The maximum absolute atomic E-state index is 12.3. The monoisotopic (exact) mass is 406 g/mol. The number of para-hydroxylation sites is 1. The second-order valence-corrected chi connectivity index (χ2v) is 8.80. The smallest absolute Gasteiger partial charge is 0.224 e. The molecule has 1 fully saturated rings. The first kappa shape index (κ1) is 17.6. The summed E-state index contributed by atoms with van der Waals surface area (Å²) in [5, 5.41) is 3.10. The number of likely N-dealkylation sites (tertiary alicyclic amines) is 1. The van der Waals surface area contributed by atoms with Gasteiger partial charge < -0.3 is 5.32 Å². The average molecular weight is 407 g/mol. The Labute approximate surface area is 156 Å². The third kappa shape index (κ3) is 5.16. The summed E-state index contributed by atoms with van der Waals surface area (Å²) >= 11 is 5.22. The summed E-state index contributed by atoms with van der Waals surface area (Å²) in [4.78, 5) is 16.0. The van der Waals surface area contributed by atoms with E-state index in [1.54, 1.807) is 11.3 Å². The number of halogens is 1. The van der Waals surface area contributed by atoms with Crippen LogP contribution >= 0.6 is 27.3 Å². The van der Waals surface area contributed by atoms with Crippen LogP contribution in [0.1, 0.15) is 36.1 Å². The van der Waals surface area contributed by atoms with Crippen molar-refractivity contribution in [1.29, 1.82) is 0 Å². The van der Waals surface area contributed by atoms with E-state index in [2.05, 4.69) is 50.4 Å². The number of amides is 1. The molecule has 1 aromatic carbocycles. The molecule has 0 radical (unpaired) electrons. The molecule has 0 unspecified atom stereocenters. The molecule has 1 aliphatic rings. The fourth-order valence-corrected chi connectivity index (χ4v) is 4.61. The van der Waals surface area contributed by atoms with E-state index in [0.29, 0.717) is 6.42 Å². The Hall–Kier alpha value is -1.17. The summed E-state index contributed by atoms with van der Waals surface area (Å²) in [5.74, 6) is 0.111. The van der Waals surface area contributed by atoms with Crippen LogP contribution in [0.3, 0.4) is 0 Å². The Morgan fingerprint density at radius 2 is 1.96 bits per heavy atom. The maximum atomic E-state index is 12.3. The quantitative estimate of drug-likeness (QED) is 0.695. The molecule has 1 aromatic heterocycles. The molecule has 1 N–H and O–H groups in total. The minimum Gasteiger partial charge on any atom is -0.326 e. The first-order valence-corrected chi connectivity index (χ1v) is 10.2. The number of hydrogen-bond acceptors (Lipinski definition) is 3. The van der Waals surface area contributed by atoms with Gasteiger partial charge in [-0.15, -0.1) is 11.3 Å². The van der Waals surface area contributed by atoms with Crippen LogP contribution in [0.25, 0.3) is 0 Å². The lowest BCUT2D eigenvalue weighted by atomic mass is 10.1. The predicted molar refractivity (Wildman–Crippen MR) is 105 cm³/mol. The first-order valence-electron chi connectivity index (χ1n) is 8.55. The Morgan fingerprint density at radius 1 is 1.17 bits per heavy atom. The molecule has 2 aromatic rings. The van der Waals surface area contributed by atoms with Gasteiger partial charge in [-0.2, -0.15) is 0 Å². The highest BCUT2D eigenvalue weighted by molar-refractivity contribution is 9.11. The van der Waals surface area contributed by atoms with Crippen LogP contribution < -0.4 is 5.32 Å². The fraction of sp³-hybridized carbons (Fsp3) is 0.421. The lowest BCUT2D eigenvalue weighted by Crippen LogP contribution is -2.20. The van der Waals surface area contributed by atoms with E-state index in [1.807, 2.05) is 12.1 Å². The van der Waals surface area contributed by atoms with E-state index in [0.717, 1.165) is 28.9 Å². The van der Waals surface area contributed by atoms with Crippen LogP contribution in [-0.4, -0.2) is 23.9 Å². The van der Waals surface area contributed by atoms with Crippen molar-refractivity contribution in [3.05, 3.63) is 50.6 Å². The van der Waals surface area contributed by atoms with Gasteiger partial charge >= 0.3 is 0 Å². The lowest BCUT2D eigenvalue weighted by Gasteiger charge is -2.17. The summed E-state index contributed by atoms with van der Waals surface area (Å²) in [6.07, 6.45) is 4.97. The van der Waals surface area contributed by atoms with Crippen molar-refractivity contribution in [1.82, 2.24) is 4.90 Å². The topological polar surface area (TPSA) is 32.3 Å². The van der Waals surface area contributed by atoms with Gasteiger partial charge in [0, 0.05) is 23.5 Å². The molecule has 3 nitrogen and oxygen atoms in total. The number of anilines is 1. The average Bonchev–Trinajstić information content (AvgIpc) is 3.21. The Kier molecular flexibility index (Phi) is 6.46. The van der Waals surface area contributed by atoms with Gasteiger partial charge in [0.2, 0.25) is 5.91 Å². The van der Waals surface area contributed by atoms with Crippen LogP contribution in [-0.2, 0) is 17.8 Å². The molecule has 5 heteroatoms.